The van der Waals surface area contributed by atoms with E-state index in [2.05, 4.69) is 15.9 Å². The number of methoxy groups -OCH3 is 2. The van der Waals surface area contributed by atoms with Crippen LogP contribution in [0.25, 0.3) is 0 Å². The molecule has 0 fully saturated rings. The van der Waals surface area contributed by atoms with E-state index in [0.29, 0.717) is 30.7 Å². The van der Waals surface area contributed by atoms with Gasteiger partial charge in [-0.05, 0) is 40.2 Å². The van der Waals surface area contributed by atoms with Crippen LogP contribution < -0.4 is 9.47 Å². The molecule has 0 unspecified atom stereocenters. The van der Waals surface area contributed by atoms with Gasteiger partial charge in [0.05, 0.1) is 23.4 Å². The highest BCUT2D eigenvalue weighted by atomic mass is 79.9. The SMILES string of the molecule is COc1cc(Br)c(C(=O)c2ccc(Cl)s2)cc1OC. The third-order valence-electron chi connectivity index (χ3n) is 2.51. The fourth-order valence-corrected chi connectivity index (χ4v) is 3.10. The summed E-state index contributed by atoms with van der Waals surface area (Å²) in [4.78, 5) is 13.0. The van der Waals surface area contributed by atoms with E-state index >= 15 is 0 Å². The Morgan fingerprint density at radius 3 is 2.37 bits per heavy atom. The Labute approximate surface area is 128 Å². The van der Waals surface area contributed by atoms with E-state index in [9.17, 15) is 4.79 Å². The van der Waals surface area contributed by atoms with Gasteiger partial charge in [0.25, 0.3) is 0 Å². The van der Waals surface area contributed by atoms with Gasteiger partial charge >= 0.3 is 0 Å². The molecule has 100 valence electrons. The van der Waals surface area contributed by atoms with E-state index < -0.39 is 0 Å². The average Bonchev–Trinajstić information content (AvgIpc) is 2.84. The number of ether oxygens (including phenoxy) is 2. The second kappa shape index (κ2) is 5.94. The first-order chi connectivity index (χ1) is 9.06. The van der Waals surface area contributed by atoms with Gasteiger partial charge in [0.2, 0.25) is 5.78 Å². The van der Waals surface area contributed by atoms with Crippen molar-refractivity contribution >= 4 is 44.7 Å². The quantitative estimate of drug-likeness (QED) is 0.757. The van der Waals surface area contributed by atoms with Crippen LogP contribution in [0.2, 0.25) is 4.34 Å². The molecule has 0 atom stereocenters. The Kier molecular flexibility index (Phi) is 4.50. The summed E-state index contributed by atoms with van der Waals surface area (Å²) in [6.07, 6.45) is 0. The van der Waals surface area contributed by atoms with Crippen LogP contribution in [0.15, 0.2) is 28.7 Å². The number of hydrogen-bond donors (Lipinski definition) is 0. The molecule has 1 aromatic carbocycles. The molecule has 0 spiro atoms. The minimum Gasteiger partial charge on any atom is -0.493 e. The molecule has 0 N–H and O–H groups in total. The van der Waals surface area contributed by atoms with Crippen LogP contribution in [0.5, 0.6) is 11.5 Å². The van der Waals surface area contributed by atoms with Gasteiger partial charge in [-0.15, -0.1) is 11.3 Å². The molecule has 6 heteroatoms. The summed E-state index contributed by atoms with van der Waals surface area (Å²) in [5.41, 5.74) is 0.510. The summed E-state index contributed by atoms with van der Waals surface area (Å²) in [5, 5.41) is 0. The standard InChI is InChI=1S/C13H10BrClO3S/c1-17-9-5-7(8(14)6-10(9)18-2)13(16)11-3-4-12(15)19-11/h3-6H,1-2H3. The van der Waals surface area contributed by atoms with Crippen molar-refractivity contribution in [1.82, 2.24) is 0 Å². The molecule has 0 saturated heterocycles. The maximum atomic E-state index is 12.4. The molecule has 0 aliphatic carbocycles. The van der Waals surface area contributed by atoms with Crippen LogP contribution in [0, 0.1) is 0 Å². The minimum atomic E-state index is -0.107. The number of ketones is 1. The summed E-state index contributed by atoms with van der Waals surface area (Å²) < 4.78 is 11.6. The number of benzene rings is 1. The first-order valence-corrected chi connectivity index (χ1v) is 7.27. The molecular weight excluding hydrogens is 352 g/mol. The van der Waals surface area contributed by atoms with Gasteiger partial charge < -0.3 is 9.47 Å². The van der Waals surface area contributed by atoms with E-state index in [1.165, 1.54) is 18.4 Å². The summed E-state index contributed by atoms with van der Waals surface area (Å²) in [7, 11) is 3.08. The van der Waals surface area contributed by atoms with Crippen molar-refractivity contribution in [2.45, 2.75) is 0 Å². The van der Waals surface area contributed by atoms with E-state index in [4.69, 9.17) is 21.1 Å². The molecule has 0 radical (unpaired) electrons. The first-order valence-electron chi connectivity index (χ1n) is 5.28. The van der Waals surface area contributed by atoms with Crippen LogP contribution in [-0.2, 0) is 0 Å². The number of hydrogen-bond acceptors (Lipinski definition) is 4. The second-order valence-corrected chi connectivity index (χ2v) is 6.19. The zero-order chi connectivity index (χ0) is 14.0. The van der Waals surface area contributed by atoms with Gasteiger partial charge in [-0.3, -0.25) is 4.79 Å². The fraction of sp³-hybridized carbons (Fsp3) is 0.154. The number of carbonyl (C=O) groups is 1. The molecule has 0 aliphatic rings. The molecule has 0 saturated carbocycles. The lowest BCUT2D eigenvalue weighted by Crippen LogP contribution is -2.02. The van der Waals surface area contributed by atoms with Crippen molar-refractivity contribution in [3.8, 4) is 11.5 Å². The molecule has 2 rings (SSSR count). The molecule has 1 aromatic heterocycles. The number of thiophene rings is 1. The minimum absolute atomic E-state index is 0.107. The van der Waals surface area contributed by atoms with Crippen LogP contribution in [0.4, 0.5) is 0 Å². The molecule has 0 aliphatic heterocycles. The van der Waals surface area contributed by atoms with Crippen molar-refractivity contribution in [1.29, 1.82) is 0 Å². The molecular formula is C13H10BrClO3S. The van der Waals surface area contributed by atoms with Crippen molar-refractivity contribution in [2.75, 3.05) is 14.2 Å². The maximum Gasteiger partial charge on any atom is 0.204 e. The highest BCUT2D eigenvalue weighted by Gasteiger charge is 2.18. The van der Waals surface area contributed by atoms with Gasteiger partial charge in [0.15, 0.2) is 11.5 Å². The van der Waals surface area contributed by atoms with Crippen molar-refractivity contribution in [3.05, 3.63) is 43.5 Å². The molecule has 19 heavy (non-hydrogen) atoms. The Morgan fingerprint density at radius 2 is 1.84 bits per heavy atom. The average molecular weight is 362 g/mol. The lowest BCUT2D eigenvalue weighted by atomic mass is 10.1. The zero-order valence-corrected chi connectivity index (χ0v) is 13.4. The van der Waals surface area contributed by atoms with Crippen LogP contribution in [0.1, 0.15) is 15.2 Å². The molecule has 2 aromatic rings. The Hall–Kier alpha value is -1.04. The topological polar surface area (TPSA) is 35.5 Å². The lowest BCUT2D eigenvalue weighted by molar-refractivity contribution is 0.104. The maximum absolute atomic E-state index is 12.4. The highest BCUT2D eigenvalue weighted by molar-refractivity contribution is 9.10. The lowest BCUT2D eigenvalue weighted by Gasteiger charge is -2.10. The Bertz CT molecular complexity index is 624. The summed E-state index contributed by atoms with van der Waals surface area (Å²) in [5.74, 6) is 0.969. The molecule has 3 nitrogen and oxygen atoms in total. The first kappa shape index (κ1) is 14.4. The van der Waals surface area contributed by atoms with E-state index in [1.807, 2.05) is 0 Å². The third-order valence-corrected chi connectivity index (χ3v) is 4.40. The second-order valence-electron chi connectivity index (χ2n) is 3.62. The van der Waals surface area contributed by atoms with Gasteiger partial charge in [-0.25, -0.2) is 0 Å². The van der Waals surface area contributed by atoms with Crippen LogP contribution in [0.3, 0.4) is 0 Å². The van der Waals surface area contributed by atoms with Crippen LogP contribution >= 0.6 is 38.9 Å². The molecule has 0 amide bonds. The summed E-state index contributed by atoms with van der Waals surface area (Å²) >= 11 is 10.5. The number of rotatable bonds is 4. The van der Waals surface area contributed by atoms with Gasteiger partial charge in [0, 0.05) is 10.0 Å². The van der Waals surface area contributed by atoms with Gasteiger partial charge in [-0.1, -0.05) is 11.6 Å². The molecule has 1 heterocycles. The normalized spacial score (nSPS) is 10.3. The van der Waals surface area contributed by atoms with E-state index in [-0.39, 0.29) is 5.78 Å². The fourth-order valence-electron chi connectivity index (χ4n) is 1.60. The Balaban J connectivity index is 2.47. The van der Waals surface area contributed by atoms with Crippen LogP contribution in [-0.4, -0.2) is 20.0 Å². The number of halogens is 2. The van der Waals surface area contributed by atoms with E-state index in [1.54, 1.807) is 31.4 Å². The molecule has 0 bridgehead atoms. The predicted molar refractivity (Wildman–Crippen MR) is 80.0 cm³/mol. The van der Waals surface area contributed by atoms with Crippen molar-refractivity contribution < 1.29 is 14.3 Å². The predicted octanol–water partition coefficient (Wildman–Crippen LogP) is 4.41. The van der Waals surface area contributed by atoms with Crippen molar-refractivity contribution in [2.24, 2.45) is 0 Å². The van der Waals surface area contributed by atoms with Gasteiger partial charge in [-0.2, -0.15) is 0 Å². The third kappa shape index (κ3) is 2.94. The largest absolute Gasteiger partial charge is 0.493 e. The zero-order valence-electron chi connectivity index (χ0n) is 10.2. The highest BCUT2D eigenvalue weighted by Crippen LogP contribution is 2.35. The number of carbonyl (C=O) groups excluding carboxylic acids is 1. The van der Waals surface area contributed by atoms with Crippen molar-refractivity contribution in [3.63, 3.8) is 0 Å². The van der Waals surface area contributed by atoms with E-state index in [0.717, 1.165) is 0 Å². The smallest absolute Gasteiger partial charge is 0.204 e. The van der Waals surface area contributed by atoms with Gasteiger partial charge in [0.1, 0.15) is 0 Å². The summed E-state index contributed by atoms with van der Waals surface area (Å²) in [6, 6.07) is 6.77. The summed E-state index contributed by atoms with van der Waals surface area (Å²) in [6.45, 7) is 0. The monoisotopic (exact) mass is 360 g/mol. The Morgan fingerprint density at radius 1 is 1.21 bits per heavy atom.